The molecule has 0 spiro atoms. The lowest BCUT2D eigenvalue weighted by Gasteiger charge is -2.14. The van der Waals surface area contributed by atoms with Crippen LogP contribution in [0.15, 0.2) is 24.3 Å². The van der Waals surface area contributed by atoms with E-state index in [4.69, 9.17) is 11.6 Å². The zero-order chi connectivity index (χ0) is 12.9. The Labute approximate surface area is 107 Å². The molecule has 17 heavy (non-hydrogen) atoms. The maximum Gasteiger partial charge on any atom is 0.147 e. The lowest BCUT2D eigenvalue weighted by Crippen LogP contribution is -2.08. The summed E-state index contributed by atoms with van der Waals surface area (Å²) in [6.07, 6.45) is 2.42. The van der Waals surface area contributed by atoms with E-state index in [1.807, 2.05) is 18.2 Å². The summed E-state index contributed by atoms with van der Waals surface area (Å²) in [6, 6.07) is 7.31. The molecule has 0 aliphatic carbocycles. The SMILES string of the molecule is CS(=O)(=O)CCCC(CO)c1cccc(Cl)c1. The third kappa shape index (κ3) is 5.52. The first-order valence-corrected chi connectivity index (χ1v) is 7.90. The molecule has 0 saturated heterocycles. The molecule has 0 heterocycles. The van der Waals surface area contributed by atoms with E-state index in [0.29, 0.717) is 17.9 Å². The van der Waals surface area contributed by atoms with Crippen LogP contribution in [0.25, 0.3) is 0 Å². The average Bonchev–Trinajstić information content (AvgIpc) is 2.23. The molecular weight excluding hydrogens is 260 g/mol. The van der Waals surface area contributed by atoms with Crippen LogP contribution in [0, 0.1) is 0 Å². The molecule has 0 amide bonds. The van der Waals surface area contributed by atoms with Crippen molar-refractivity contribution in [3.8, 4) is 0 Å². The minimum atomic E-state index is -2.93. The van der Waals surface area contributed by atoms with Gasteiger partial charge in [0.05, 0.1) is 0 Å². The van der Waals surface area contributed by atoms with Gasteiger partial charge < -0.3 is 5.11 Å². The third-order valence-corrected chi connectivity index (χ3v) is 3.87. The second-order valence-electron chi connectivity index (χ2n) is 4.21. The molecule has 5 heteroatoms. The highest BCUT2D eigenvalue weighted by molar-refractivity contribution is 7.90. The van der Waals surface area contributed by atoms with Gasteiger partial charge in [0.2, 0.25) is 0 Å². The van der Waals surface area contributed by atoms with Gasteiger partial charge in [-0.15, -0.1) is 0 Å². The van der Waals surface area contributed by atoms with Gasteiger partial charge in [0.1, 0.15) is 9.84 Å². The van der Waals surface area contributed by atoms with E-state index in [-0.39, 0.29) is 18.3 Å². The van der Waals surface area contributed by atoms with Crippen LogP contribution >= 0.6 is 11.6 Å². The lowest BCUT2D eigenvalue weighted by atomic mass is 9.95. The Hall–Kier alpha value is -0.580. The largest absolute Gasteiger partial charge is 0.396 e. The van der Waals surface area contributed by atoms with Gasteiger partial charge in [-0.3, -0.25) is 0 Å². The highest BCUT2D eigenvalue weighted by Crippen LogP contribution is 2.23. The van der Waals surface area contributed by atoms with E-state index in [0.717, 1.165) is 5.56 Å². The molecule has 1 rings (SSSR count). The normalized spacial score (nSPS) is 13.6. The number of aliphatic hydroxyl groups excluding tert-OH is 1. The van der Waals surface area contributed by atoms with Gasteiger partial charge in [-0.1, -0.05) is 23.7 Å². The lowest BCUT2D eigenvalue weighted by molar-refractivity contribution is 0.258. The minimum absolute atomic E-state index is 0.00407. The van der Waals surface area contributed by atoms with Gasteiger partial charge in [0.15, 0.2) is 0 Å². The van der Waals surface area contributed by atoms with Gasteiger partial charge in [-0.05, 0) is 30.5 Å². The first kappa shape index (κ1) is 14.5. The number of benzene rings is 1. The smallest absolute Gasteiger partial charge is 0.147 e. The van der Waals surface area contributed by atoms with Gasteiger partial charge >= 0.3 is 0 Å². The van der Waals surface area contributed by atoms with Crippen molar-refractivity contribution in [3.63, 3.8) is 0 Å². The molecule has 1 aromatic carbocycles. The molecule has 1 atom stereocenters. The molecule has 0 saturated carbocycles. The topological polar surface area (TPSA) is 54.4 Å². The fourth-order valence-electron chi connectivity index (χ4n) is 1.72. The van der Waals surface area contributed by atoms with Crippen LogP contribution in [0.3, 0.4) is 0 Å². The highest BCUT2D eigenvalue weighted by atomic mass is 35.5. The minimum Gasteiger partial charge on any atom is -0.396 e. The van der Waals surface area contributed by atoms with Crippen molar-refractivity contribution in [3.05, 3.63) is 34.9 Å². The number of halogens is 1. The van der Waals surface area contributed by atoms with Crippen LogP contribution in [0.2, 0.25) is 5.02 Å². The van der Waals surface area contributed by atoms with Crippen molar-refractivity contribution in [1.29, 1.82) is 0 Å². The molecule has 0 radical (unpaired) electrons. The molecular formula is C12H17ClO3S. The van der Waals surface area contributed by atoms with Crippen molar-refractivity contribution in [1.82, 2.24) is 0 Å². The van der Waals surface area contributed by atoms with E-state index in [1.54, 1.807) is 6.07 Å². The number of hydrogen-bond acceptors (Lipinski definition) is 3. The van der Waals surface area contributed by atoms with Crippen LogP contribution in [0.4, 0.5) is 0 Å². The molecule has 96 valence electrons. The number of aliphatic hydroxyl groups is 1. The van der Waals surface area contributed by atoms with Crippen molar-refractivity contribution < 1.29 is 13.5 Å². The van der Waals surface area contributed by atoms with E-state index in [1.165, 1.54) is 6.26 Å². The Morgan fingerprint density at radius 2 is 2.12 bits per heavy atom. The maximum atomic E-state index is 11.0. The number of sulfone groups is 1. The zero-order valence-corrected chi connectivity index (χ0v) is 11.3. The van der Waals surface area contributed by atoms with Crippen molar-refractivity contribution in [2.45, 2.75) is 18.8 Å². The molecule has 0 bridgehead atoms. The van der Waals surface area contributed by atoms with Crippen LogP contribution in [0.5, 0.6) is 0 Å². The average molecular weight is 277 g/mol. The van der Waals surface area contributed by atoms with E-state index < -0.39 is 9.84 Å². The van der Waals surface area contributed by atoms with Crippen LogP contribution in [-0.2, 0) is 9.84 Å². The summed E-state index contributed by atoms with van der Waals surface area (Å²) in [5, 5.41) is 9.94. The number of rotatable bonds is 6. The zero-order valence-electron chi connectivity index (χ0n) is 9.77. The van der Waals surface area contributed by atoms with Crippen molar-refractivity contribution in [2.24, 2.45) is 0 Å². The van der Waals surface area contributed by atoms with Gasteiger partial charge in [0, 0.05) is 29.6 Å². The fraction of sp³-hybridized carbons (Fsp3) is 0.500. The predicted octanol–water partition coefficient (Wildman–Crippen LogP) is 2.24. The Bertz CT molecular complexity index is 457. The molecule has 0 fully saturated rings. The Balaban J connectivity index is 2.60. The summed E-state index contributed by atoms with van der Waals surface area (Å²) >= 11 is 5.88. The standard InChI is InChI=1S/C12H17ClO3S/c1-17(15,16)7-3-5-11(9-14)10-4-2-6-12(13)8-10/h2,4,6,8,11,14H,3,5,7,9H2,1H3. The van der Waals surface area contributed by atoms with Gasteiger partial charge in [0.25, 0.3) is 0 Å². The van der Waals surface area contributed by atoms with Crippen LogP contribution in [-0.4, -0.2) is 32.1 Å². The van der Waals surface area contributed by atoms with E-state index >= 15 is 0 Å². The summed E-state index contributed by atoms with van der Waals surface area (Å²) in [5.41, 5.74) is 0.952. The maximum absolute atomic E-state index is 11.0. The van der Waals surface area contributed by atoms with Gasteiger partial charge in [-0.25, -0.2) is 8.42 Å². The van der Waals surface area contributed by atoms with Crippen molar-refractivity contribution in [2.75, 3.05) is 18.6 Å². The van der Waals surface area contributed by atoms with Crippen molar-refractivity contribution >= 4 is 21.4 Å². The van der Waals surface area contributed by atoms with Gasteiger partial charge in [-0.2, -0.15) is 0 Å². The molecule has 1 aromatic rings. The second kappa shape index (κ2) is 6.38. The molecule has 3 nitrogen and oxygen atoms in total. The summed E-state index contributed by atoms with van der Waals surface area (Å²) in [5.74, 6) is 0.111. The quantitative estimate of drug-likeness (QED) is 0.867. The monoisotopic (exact) mass is 276 g/mol. The second-order valence-corrected chi connectivity index (χ2v) is 6.90. The predicted molar refractivity (Wildman–Crippen MR) is 70.2 cm³/mol. The molecule has 0 aliphatic heterocycles. The van der Waals surface area contributed by atoms with E-state index in [2.05, 4.69) is 0 Å². The summed E-state index contributed by atoms with van der Waals surface area (Å²) < 4.78 is 22.0. The highest BCUT2D eigenvalue weighted by Gasteiger charge is 2.12. The Morgan fingerprint density at radius 3 is 2.65 bits per heavy atom. The Kier molecular flexibility index (Phi) is 5.43. The first-order chi connectivity index (χ1) is 7.92. The first-order valence-electron chi connectivity index (χ1n) is 5.46. The molecule has 0 aliphatic rings. The Morgan fingerprint density at radius 1 is 1.41 bits per heavy atom. The molecule has 0 aromatic heterocycles. The summed E-state index contributed by atoms with van der Waals surface area (Å²) in [6.45, 7) is 0.00407. The summed E-state index contributed by atoms with van der Waals surface area (Å²) in [4.78, 5) is 0. The third-order valence-electron chi connectivity index (χ3n) is 2.61. The number of hydrogen-bond donors (Lipinski definition) is 1. The van der Waals surface area contributed by atoms with Crippen LogP contribution in [0.1, 0.15) is 24.3 Å². The molecule has 1 unspecified atom stereocenters. The molecule has 1 N–H and O–H groups in total. The van der Waals surface area contributed by atoms with Crippen LogP contribution < -0.4 is 0 Å². The fourth-order valence-corrected chi connectivity index (χ4v) is 2.61. The van der Waals surface area contributed by atoms with E-state index in [9.17, 15) is 13.5 Å². The summed E-state index contributed by atoms with van der Waals surface area (Å²) in [7, 11) is -2.93.